The van der Waals surface area contributed by atoms with Crippen molar-refractivity contribution >= 4 is 0 Å². The number of aliphatic hydroxyl groups excluding tert-OH is 1. The average Bonchev–Trinajstić information content (AvgIpc) is 2.84. The van der Waals surface area contributed by atoms with Gasteiger partial charge in [-0.3, -0.25) is 0 Å². The lowest BCUT2D eigenvalue weighted by molar-refractivity contribution is -0.0268. The van der Waals surface area contributed by atoms with E-state index in [0.717, 1.165) is 30.6 Å². The lowest BCUT2D eigenvalue weighted by Gasteiger charge is -2.57. The molecule has 1 heteroatoms. The van der Waals surface area contributed by atoms with Crippen LogP contribution in [0.15, 0.2) is 23.3 Å². The van der Waals surface area contributed by atoms with Gasteiger partial charge in [0.1, 0.15) is 0 Å². The molecule has 0 saturated heterocycles. The second kappa shape index (κ2) is 4.97. The molecule has 4 aliphatic carbocycles. The highest BCUT2D eigenvalue weighted by atomic mass is 16.3. The van der Waals surface area contributed by atoms with E-state index in [1.54, 1.807) is 11.1 Å². The highest BCUT2D eigenvalue weighted by molar-refractivity contribution is 5.29. The predicted molar refractivity (Wildman–Crippen MR) is 91.5 cm³/mol. The van der Waals surface area contributed by atoms with Gasteiger partial charge in [0.25, 0.3) is 0 Å². The van der Waals surface area contributed by atoms with E-state index in [9.17, 15) is 5.11 Å². The van der Waals surface area contributed by atoms with Gasteiger partial charge in [0.2, 0.25) is 0 Å². The third-order valence-corrected chi connectivity index (χ3v) is 8.27. The minimum Gasteiger partial charge on any atom is -0.393 e. The fourth-order valence-corrected chi connectivity index (χ4v) is 6.96. The summed E-state index contributed by atoms with van der Waals surface area (Å²) < 4.78 is 0. The Kier molecular flexibility index (Phi) is 3.39. The molecule has 6 atom stereocenters. The van der Waals surface area contributed by atoms with Gasteiger partial charge in [-0.2, -0.15) is 0 Å². The maximum Gasteiger partial charge on any atom is 0.0577 e. The van der Waals surface area contributed by atoms with Crippen molar-refractivity contribution in [2.24, 2.45) is 28.6 Å². The molecular weight excluding hydrogens is 268 g/mol. The monoisotopic (exact) mass is 300 g/mol. The van der Waals surface area contributed by atoms with E-state index >= 15 is 0 Å². The molecule has 0 amide bonds. The van der Waals surface area contributed by atoms with Crippen LogP contribution in [0.4, 0.5) is 0 Å². The summed E-state index contributed by atoms with van der Waals surface area (Å²) in [7, 11) is 0. The van der Waals surface area contributed by atoms with Gasteiger partial charge in [-0.25, -0.2) is 0 Å². The molecule has 4 aliphatic rings. The summed E-state index contributed by atoms with van der Waals surface area (Å²) in [6.45, 7) is 7.33. The number of hydrogen-bond donors (Lipinski definition) is 1. The minimum absolute atomic E-state index is 0.0779. The molecule has 3 fully saturated rings. The SMILES string of the molecule is CC=C1CC[C@H]2[C@@H]3CC=C4C[C@@H](O)CCC4(C)[C@H]3CC[C@]12C. The molecule has 1 unspecified atom stereocenters. The van der Waals surface area contributed by atoms with Crippen molar-refractivity contribution in [3.63, 3.8) is 0 Å². The van der Waals surface area contributed by atoms with Gasteiger partial charge in [0.05, 0.1) is 6.10 Å². The predicted octanol–water partition coefficient (Wildman–Crippen LogP) is 5.26. The zero-order chi connectivity index (χ0) is 15.5. The first-order valence-corrected chi connectivity index (χ1v) is 9.52. The molecule has 0 aromatic carbocycles. The van der Waals surface area contributed by atoms with E-state index in [2.05, 4.69) is 32.9 Å². The Bertz CT molecular complexity index is 530. The van der Waals surface area contributed by atoms with E-state index in [1.807, 2.05) is 0 Å². The molecule has 0 aromatic heterocycles. The average molecular weight is 300 g/mol. The normalized spacial score (nSPS) is 52.7. The first-order valence-electron chi connectivity index (χ1n) is 9.52. The van der Waals surface area contributed by atoms with Gasteiger partial charge >= 0.3 is 0 Å². The molecule has 3 saturated carbocycles. The van der Waals surface area contributed by atoms with E-state index in [-0.39, 0.29) is 6.10 Å². The van der Waals surface area contributed by atoms with Crippen LogP contribution in [0.5, 0.6) is 0 Å². The van der Waals surface area contributed by atoms with Crippen molar-refractivity contribution in [2.45, 2.75) is 78.2 Å². The lowest BCUT2D eigenvalue weighted by Crippen LogP contribution is -2.49. The van der Waals surface area contributed by atoms with Crippen LogP contribution in [0.3, 0.4) is 0 Å². The molecule has 4 rings (SSSR count). The van der Waals surface area contributed by atoms with E-state index in [0.29, 0.717) is 10.8 Å². The molecular formula is C21H32O. The van der Waals surface area contributed by atoms with E-state index < -0.39 is 0 Å². The Hall–Kier alpha value is -0.560. The standard InChI is InChI=1S/C21H32O/c1-4-14-6-8-18-17-7-5-15-13-16(22)9-11-21(15,3)19(17)10-12-20(14,18)2/h4-5,16-19,22H,6-13H2,1-3H3/t16-,17-,18-,19-,20+,21?/m0/s1. The summed E-state index contributed by atoms with van der Waals surface area (Å²) in [6, 6.07) is 0. The zero-order valence-corrected chi connectivity index (χ0v) is 14.6. The number of hydrogen-bond acceptors (Lipinski definition) is 1. The fraction of sp³-hybridized carbons (Fsp3) is 0.810. The Labute approximate surface area is 135 Å². The maximum absolute atomic E-state index is 10.1. The van der Waals surface area contributed by atoms with E-state index in [1.165, 1.54) is 38.5 Å². The third kappa shape index (κ3) is 1.87. The number of aliphatic hydroxyl groups is 1. The van der Waals surface area contributed by atoms with Crippen molar-refractivity contribution < 1.29 is 5.11 Å². The molecule has 0 aliphatic heterocycles. The summed E-state index contributed by atoms with van der Waals surface area (Å²) in [5, 5.41) is 10.1. The maximum atomic E-state index is 10.1. The minimum atomic E-state index is -0.0779. The highest BCUT2D eigenvalue weighted by Crippen LogP contribution is 2.66. The van der Waals surface area contributed by atoms with Gasteiger partial charge in [0, 0.05) is 0 Å². The van der Waals surface area contributed by atoms with Crippen LogP contribution in [0, 0.1) is 28.6 Å². The van der Waals surface area contributed by atoms with Crippen LogP contribution >= 0.6 is 0 Å². The molecule has 1 N–H and O–H groups in total. The molecule has 22 heavy (non-hydrogen) atoms. The summed E-state index contributed by atoms with van der Waals surface area (Å²) in [5.74, 6) is 2.66. The number of allylic oxidation sites excluding steroid dienone is 3. The summed E-state index contributed by atoms with van der Waals surface area (Å²) >= 11 is 0. The second-order valence-electron chi connectivity index (χ2n) is 8.96. The van der Waals surface area contributed by atoms with Gasteiger partial charge < -0.3 is 5.11 Å². The largest absolute Gasteiger partial charge is 0.393 e. The molecule has 0 spiro atoms. The van der Waals surface area contributed by atoms with Crippen molar-refractivity contribution in [2.75, 3.05) is 0 Å². The van der Waals surface area contributed by atoms with E-state index in [4.69, 9.17) is 0 Å². The first-order chi connectivity index (χ1) is 10.5. The van der Waals surface area contributed by atoms with Crippen LogP contribution < -0.4 is 0 Å². The number of fused-ring (bicyclic) bond motifs is 5. The summed E-state index contributed by atoms with van der Waals surface area (Å²) in [5.41, 5.74) is 4.23. The van der Waals surface area contributed by atoms with Crippen molar-refractivity contribution in [1.29, 1.82) is 0 Å². The van der Waals surface area contributed by atoms with Crippen LogP contribution in [-0.2, 0) is 0 Å². The van der Waals surface area contributed by atoms with Crippen molar-refractivity contribution in [3.8, 4) is 0 Å². The van der Waals surface area contributed by atoms with Crippen LogP contribution in [0.25, 0.3) is 0 Å². The Morgan fingerprint density at radius 2 is 1.82 bits per heavy atom. The Morgan fingerprint density at radius 1 is 1.09 bits per heavy atom. The third-order valence-electron chi connectivity index (χ3n) is 8.27. The van der Waals surface area contributed by atoms with Crippen LogP contribution in [-0.4, -0.2) is 11.2 Å². The van der Waals surface area contributed by atoms with Gasteiger partial charge in [-0.15, -0.1) is 0 Å². The van der Waals surface area contributed by atoms with Crippen molar-refractivity contribution in [3.05, 3.63) is 23.3 Å². The summed E-state index contributed by atoms with van der Waals surface area (Å²) in [6.07, 6.45) is 14.9. The first kappa shape index (κ1) is 15.0. The molecule has 0 heterocycles. The number of rotatable bonds is 0. The Balaban J connectivity index is 1.69. The fourth-order valence-electron chi connectivity index (χ4n) is 6.96. The van der Waals surface area contributed by atoms with Crippen LogP contribution in [0.1, 0.15) is 72.1 Å². The smallest absolute Gasteiger partial charge is 0.0577 e. The second-order valence-corrected chi connectivity index (χ2v) is 8.96. The molecule has 0 bridgehead atoms. The molecule has 0 aromatic rings. The van der Waals surface area contributed by atoms with Gasteiger partial charge in [-0.05, 0) is 86.9 Å². The molecule has 122 valence electrons. The van der Waals surface area contributed by atoms with Crippen LogP contribution in [0.2, 0.25) is 0 Å². The topological polar surface area (TPSA) is 20.2 Å². The highest BCUT2D eigenvalue weighted by Gasteiger charge is 2.56. The quantitative estimate of drug-likeness (QED) is 0.605. The van der Waals surface area contributed by atoms with Crippen molar-refractivity contribution in [1.82, 2.24) is 0 Å². The lowest BCUT2D eigenvalue weighted by atomic mass is 9.48. The molecule has 0 radical (unpaired) electrons. The van der Waals surface area contributed by atoms with Gasteiger partial charge in [-0.1, -0.05) is 37.1 Å². The summed E-state index contributed by atoms with van der Waals surface area (Å²) in [4.78, 5) is 0. The van der Waals surface area contributed by atoms with Gasteiger partial charge in [0.15, 0.2) is 0 Å². The molecule has 1 nitrogen and oxygen atoms in total. The Morgan fingerprint density at radius 3 is 2.59 bits per heavy atom. The zero-order valence-electron chi connectivity index (χ0n) is 14.6.